The fraction of sp³-hybridized carbons (Fsp3) is 0.250. The van der Waals surface area contributed by atoms with Gasteiger partial charge >= 0.3 is 0 Å². The van der Waals surface area contributed by atoms with Crippen LogP contribution in [0.4, 0.5) is 5.69 Å². The Morgan fingerprint density at radius 1 is 1.33 bits per heavy atom. The number of hydrogen-bond donors (Lipinski definition) is 0. The summed E-state index contributed by atoms with van der Waals surface area (Å²) in [6.45, 7) is 0.786. The summed E-state index contributed by atoms with van der Waals surface area (Å²) < 4.78 is 1.07. The van der Waals surface area contributed by atoms with Crippen molar-refractivity contribution in [2.45, 2.75) is 12.2 Å². The van der Waals surface area contributed by atoms with Gasteiger partial charge in [-0.1, -0.05) is 22.0 Å². The number of amides is 1. The van der Waals surface area contributed by atoms with Gasteiger partial charge in [0, 0.05) is 28.7 Å². The number of anilines is 1. The predicted octanol–water partition coefficient (Wildman–Crippen LogP) is 3.67. The highest BCUT2D eigenvalue weighted by Crippen LogP contribution is 2.31. The maximum absolute atomic E-state index is 12.4. The first kappa shape index (κ1) is 14.6. The molecule has 5 heteroatoms. The predicted molar refractivity (Wildman–Crippen MR) is 90.6 cm³/mol. The number of fused-ring (bicyclic) bond motifs is 1. The molecular formula is C16H15BrN2OS. The van der Waals surface area contributed by atoms with E-state index in [0.717, 1.165) is 34.6 Å². The molecule has 0 aliphatic carbocycles. The fourth-order valence-electron chi connectivity index (χ4n) is 2.43. The van der Waals surface area contributed by atoms with Gasteiger partial charge in [-0.2, -0.15) is 0 Å². The van der Waals surface area contributed by atoms with E-state index in [9.17, 15) is 4.79 Å². The lowest BCUT2D eigenvalue weighted by Crippen LogP contribution is -2.30. The van der Waals surface area contributed by atoms with Gasteiger partial charge in [-0.05, 0) is 42.3 Å². The van der Waals surface area contributed by atoms with Crippen LogP contribution < -0.4 is 4.90 Å². The monoisotopic (exact) mass is 362 g/mol. The first-order valence-corrected chi connectivity index (χ1v) is 8.75. The molecule has 0 saturated heterocycles. The highest BCUT2D eigenvalue weighted by Gasteiger charge is 2.24. The van der Waals surface area contributed by atoms with Crippen molar-refractivity contribution in [1.82, 2.24) is 4.98 Å². The number of halogens is 1. The number of pyridine rings is 1. The van der Waals surface area contributed by atoms with Crippen LogP contribution >= 0.6 is 27.7 Å². The molecule has 2 aromatic rings. The number of hydrogen-bond acceptors (Lipinski definition) is 3. The Labute approximate surface area is 136 Å². The third-order valence-corrected chi connectivity index (χ3v) is 4.88. The third-order valence-electron chi connectivity index (χ3n) is 3.44. The lowest BCUT2D eigenvalue weighted by molar-refractivity contribution is -0.116. The molecule has 1 aromatic carbocycles. The van der Waals surface area contributed by atoms with Crippen LogP contribution in [0.3, 0.4) is 0 Å². The second-order valence-corrected chi connectivity index (χ2v) is 6.78. The molecule has 0 unspecified atom stereocenters. The quantitative estimate of drug-likeness (QED) is 0.831. The molecule has 0 atom stereocenters. The summed E-state index contributed by atoms with van der Waals surface area (Å²) in [5, 5.41) is 0. The van der Waals surface area contributed by atoms with E-state index in [1.165, 1.54) is 5.56 Å². The Kier molecular flexibility index (Phi) is 4.60. The van der Waals surface area contributed by atoms with E-state index < -0.39 is 0 Å². The molecule has 1 aromatic heterocycles. The van der Waals surface area contributed by atoms with E-state index in [-0.39, 0.29) is 5.91 Å². The van der Waals surface area contributed by atoms with E-state index in [0.29, 0.717) is 5.75 Å². The molecule has 0 bridgehead atoms. The number of carbonyl (C=O) groups is 1. The molecule has 21 heavy (non-hydrogen) atoms. The van der Waals surface area contributed by atoms with Crippen LogP contribution in [0.15, 0.2) is 47.1 Å². The van der Waals surface area contributed by atoms with Crippen molar-refractivity contribution in [3.8, 4) is 0 Å². The number of rotatable bonds is 4. The first-order valence-electron chi connectivity index (χ1n) is 6.80. The normalized spacial score (nSPS) is 13.3. The summed E-state index contributed by atoms with van der Waals surface area (Å²) in [4.78, 5) is 18.5. The standard InChI is InChI=1S/C16H15BrN2OS/c17-13-4-5-15-12(9-13)6-8-19(15)16(20)11-21-10-14-3-1-2-7-18-14/h1-5,7,9H,6,8,10-11H2. The van der Waals surface area contributed by atoms with E-state index >= 15 is 0 Å². The number of aromatic nitrogens is 1. The van der Waals surface area contributed by atoms with Crippen LogP contribution in [0.2, 0.25) is 0 Å². The second-order valence-electron chi connectivity index (χ2n) is 4.88. The van der Waals surface area contributed by atoms with Crippen LogP contribution in [0.5, 0.6) is 0 Å². The maximum Gasteiger partial charge on any atom is 0.237 e. The zero-order valence-corrected chi connectivity index (χ0v) is 13.9. The van der Waals surface area contributed by atoms with E-state index in [1.807, 2.05) is 35.2 Å². The smallest absolute Gasteiger partial charge is 0.237 e. The summed E-state index contributed by atoms with van der Waals surface area (Å²) in [6.07, 6.45) is 2.72. The highest BCUT2D eigenvalue weighted by molar-refractivity contribution is 9.10. The minimum absolute atomic E-state index is 0.178. The molecule has 1 aliphatic rings. The number of nitrogens with zero attached hydrogens (tertiary/aromatic N) is 2. The molecule has 1 amide bonds. The molecule has 0 radical (unpaired) electrons. The fourth-order valence-corrected chi connectivity index (χ4v) is 3.65. The summed E-state index contributed by atoms with van der Waals surface area (Å²) in [7, 11) is 0. The molecule has 3 rings (SSSR count). The summed E-state index contributed by atoms with van der Waals surface area (Å²) in [5.74, 6) is 1.44. The Balaban J connectivity index is 1.58. The van der Waals surface area contributed by atoms with Gasteiger partial charge in [-0.3, -0.25) is 9.78 Å². The van der Waals surface area contributed by atoms with Gasteiger partial charge in [0.25, 0.3) is 0 Å². The molecule has 1 aliphatic heterocycles. The Bertz CT molecular complexity index is 648. The molecule has 2 heterocycles. The average Bonchev–Trinajstić information content (AvgIpc) is 2.91. The van der Waals surface area contributed by atoms with Gasteiger partial charge in [-0.15, -0.1) is 11.8 Å². The zero-order valence-electron chi connectivity index (χ0n) is 11.5. The van der Waals surface area contributed by atoms with Crippen molar-refractivity contribution in [2.75, 3.05) is 17.2 Å². The van der Waals surface area contributed by atoms with Crippen LogP contribution in [0.1, 0.15) is 11.3 Å². The van der Waals surface area contributed by atoms with E-state index in [4.69, 9.17) is 0 Å². The van der Waals surface area contributed by atoms with Gasteiger partial charge in [0.1, 0.15) is 0 Å². The van der Waals surface area contributed by atoms with Crippen LogP contribution in [0.25, 0.3) is 0 Å². The van der Waals surface area contributed by atoms with Crippen molar-refractivity contribution in [3.63, 3.8) is 0 Å². The molecule has 0 fully saturated rings. The third kappa shape index (κ3) is 3.47. The van der Waals surface area contributed by atoms with Gasteiger partial charge < -0.3 is 4.90 Å². The summed E-state index contributed by atoms with van der Waals surface area (Å²) in [5.41, 5.74) is 3.31. The lowest BCUT2D eigenvalue weighted by Gasteiger charge is -2.17. The number of thioether (sulfide) groups is 1. The van der Waals surface area contributed by atoms with E-state index in [2.05, 4.69) is 27.0 Å². The number of benzene rings is 1. The minimum Gasteiger partial charge on any atom is -0.311 e. The van der Waals surface area contributed by atoms with Crippen LogP contribution in [-0.2, 0) is 17.0 Å². The van der Waals surface area contributed by atoms with Gasteiger partial charge in [-0.25, -0.2) is 0 Å². The Hall–Kier alpha value is -1.33. The SMILES string of the molecule is O=C(CSCc1ccccn1)N1CCc2cc(Br)ccc21. The van der Waals surface area contributed by atoms with Crippen molar-refractivity contribution in [3.05, 3.63) is 58.3 Å². The van der Waals surface area contributed by atoms with Crippen LogP contribution in [0, 0.1) is 0 Å². The van der Waals surface area contributed by atoms with Gasteiger partial charge in [0.05, 0.1) is 11.4 Å². The van der Waals surface area contributed by atoms with Crippen molar-refractivity contribution < 1.29 is 4.79 Å². The second kappa shape index (κ2) is 6.62. The Morgan fingerprint density at radius 3 is 3.05 bits per heavy atom. The first-order chi connectivity index (χ1) is 10.2. The Morgan fingerprint density at radius 2 is 2.24 bits per heavy atom. The summed E-state index contributed by atoms with van der Waals surface area (Å²) in [6, 6.07) is 12.0. The molecule has 3 nitrogen and oxygen atoms in total. The molecular weight excluding hydrogens is 348 g/mol. The van der Waals surface area contributed by atoms with Crippen molar-refractivity contribution in [1.29, 1.82) is 0 Å². The maximum atomic E-state index is 12.4. The zero-order chi connectivity index (χ0) is 14.7. The van der Waals surface area contributed by atoms with Crippen molar-refractivity contribution >= 4 is 39.3 Å². The molecule has 0 N–H and O–H groups in total. The van der Waals surface area contributed by atoms with Gasteiger partial charge in [0.2, 0.25) is 5.91 Å². The average molecular weight is 363 g/mol. The molecule has 0 spiro atoms. The van der Waals surface area contributed by atoms with Crippen LogP contribution in [-0.4, -0.2) is 23.2 Å². The lowest BCUT2D eigenvalue weighted by atomic mass is 10.2. The minimum atomic E-state index is 0.178. The highest BCUT2D eigenvalue weighted by atomic mass is 79.9. The largest absolute Gasteiger partial charge is 0.311 e. The topological polar surface area (TPSA) is 33.2 Å². The van der Waals surface area contributed by atoms with Crippen molar-refractivity contribution in [2.24, 2.45) is 0 Å². The van der Waals surface area contributed by atoms with Gasteiger partial charge in [0.15, 0.2) is 0 Å². The molecule has 108 valence electrons. The van der Waals surface area contributed by atoms with E-state index in [1.54, 1.807) is 18.0 Å². The summed E-state index contributed by atoms with van der Waals surface area (Å²) >= 11 is 5.09. The molecule has 0 saturated carbocycles. The number of carbonyl (C=O) groups excluding carboxylic acids is 1.